The van der Waals surface area contributed by atoms with Crippen molar-refractivity contribution in [3.05, 3.63) is 51.9 Å². The van der Waals surface area contributed by atoms with Crippen LogP contribution in [0.15, 0.2) is 35.3 Å². The maximum atomic E-state index is 13.9. The second-order valence-electron chi connectivity index (χ2n) is 8.96. The Kier molecular flexibility index (Phi) is 9.93. The molecule has 12 heteroatoms. The monoisotopic (exact) mass is 525 g/mol. The summed E-state index contributed by atoms with van der Waals surface area (Å²) >= 11 is 0. The van der Waals surface area contributed by atoms with Crippen molar-refractivity contribution >= 4 is 11.6 Å². The fraction of sp³-hybridized carbons (Fsp3) is 0.560. The quantitative estimate of drug-likeness (QED) is 0.466. The SMILES string of the molecule is CCN(C(=O)COC[C@H](C)Nc1cnn(Cc2ccc(OC)cc2)c(=O)c1C(F)(F)F)C1CCNCC1. The normalized spacial score (nSPS) is 15.3. The molecule has 0 spiro atoms. The minimum Gasteiger partial charge on any atom is -0.497 e. The van der Waals surface area contributed by atoms with Gasteiger partial charge in [-0.15, -0.1) is 0 Å². The fourth-order valence-corrected chi connectivity index (χ4v) is 4.36. The van der Waals surface area contributed by atoms with Gasteiger partial charge in [-0.2, -0.15) is 18.3 Å². The van der Waals surface area contributed by atoms with Crippen LogP contribution in [-0.4, -0.2) is 72.6 Å². The van der Waals surface area contributed by atoms with Crippen molar-refractivity contribution in [2.45, 2.75) is 51.5 Å². The van der Waals surface area contributed by atoms with Gasteiger partial charge in [0.05, 0.1) is 32.1 Å². The summed E-state index contributed by atoms with van der Waals surface area (Å²) in [6, 6.07) is 6.15. The molecule has 1 atom stereocenters. The van der Waals surface area contributed by atoms with Crippen LogP contribution in [0.5, 0.6) is 5.75 Å². The standard InChI is InChI=1S/C25H34F3N5O4/c1-4-32(19-9-11-29-12-10-19)22(34)16-37-15-17(2)31-21-13-30-33(24(35)23(21)25(26,27)28)14-18-5-7-20(36-3)8-6-18/h5-8,13,17,19,29,31H,4,9-12,14-16H2,1-3H3/t17-/m0/s1. The van der Waals surface area contributed by atoms with Crippen LogP contribution in [0, 0.1) is 0 Å². The lowest BCUT2D eigenvalue weighted by atomic mass is 10.0. The Balaban J connectivity index is 1.64. The molecule has 204 valence electrons. The van der Waals surface area contributed by atoms with Crippen LogP contribution in [0.1, 0.15) is 37.8 Å². The molecule has 1 aromatic carbocycles. The summed E-state index contributed by atoms with van der Waals surface area (Å²) in [7, 11) is 1.50. The Hall–Kier alpha value is -3.12. The number of alkyl halides is 3. The van der Waals surface area contributed by atoms with Gasteiger partial charge in [0.25, 0.3) is 5.56 Å². The lowest BCUT2D eigenvalue weighted by Gasteiger charge is -2.34. The van der Waals surface area contributed by atoms with Gasteiger partial charge in [-0.25, -0.2) is 4.68 Å². The van der Waals surface area contributed by atoms with Crippen molar-refractivity contribution in [3.8, 4) is 5.75 Å². The van der Waals surface area contributed by atoms with Crippen LogP contribution in [0.3, 0.4) is 0 Å². The van der Waals surface area contributed by atoms with E-state index in [4.69, 9.17) is 9.47 Å². The van der Waals surface area contributed by atoms with Crippen molar-refractivity contribution in [1.82, 2.24) is 20.0 Å². The van der Waals surface area contributed by atoms with E-state index >= 15 is 0 Å². The highest BCUT2D eigenvalue weighted by molar-refractivity contribution is 5.77. The molecule has 0 aliphatic carbocycles. The first-order valence-electron chi connectivity index (χ1n) is 12.3. The molecule has 1 amide bonds. The molecule has 1 saturated heterocycles. The number of hydrogen-bond acceptors (Lipinski definition) is 7. The third kappa shape index (κ3) is 7.68. The first kappa shape index (κ1) is 28.5. The largest absolute Gasteiger partial charge is 0.497 e. The van der Waals surface area contributed by atoms with E-state index in [2.05, 4.69) is 15.7 Å². The van der Waals surface area contributed by atoms with Crippen molar-refractivity contribution in [2.24, 2.45) is 0 Å². The molecule has 0 bridgehead atoms. The predicted molar refractivity (Wildman–Crippen MR) is 133 cm³/mol. The van der Waals surface area contributed by atoms with Gasteiger partial charge < -0.3 is 25.0 Å². The maximum Gasteiger partial charge on any atom is 0.423 e. The number of anilines is 1. The lowest BCUT2D eigenvalue weighted by molar-refractivity contribution is -0.139. The average Bonchev–Trinajstić information content (AvgIpc) is 2.86. The number of carbonyl (C=O) groups excluding carboxylic acids is 1. The Bertz CT molecular complexity index is 1090. The molecule has 0 saturated carbocycles. The van der Waals surface area contributed by atoms with Gasteiger partial charge in [0.1, 0.15) is 17.9 Å². The Morgan fingerprint density at radius 3 is 2.54 bits per heavy atom. The third-order valence-electron chi connectivity index (χ3n) is 6.22. The van der Waals surface area contributed by atoms with Gasteiger partial charge in [-0.3, -0.25) is 9.59 Å². The van der Waals surface area contributed by atoms with Crippen LogP contribution in [0.4, 0.5) is 18.9 Å². The minimum absolute atomic E-state index is 0.0260. The first-order chi connectivity index (χ1) is 17.6. The molecule has 0 unspecified atom stereocenters. The molecule has 3 rings (SSSR count). The predicted octanol–water partition coefficient (Wildman–Crippen LogP) is 2.74. The first-order valence-corrected chi connectivity index (χ1v) is 12.3. The molecular formula is C25H34F3N5O4. The molecule has 2 aromatic rings. The van der Waals surface area contributed by atoms with E-state index in [-0.39, 0.29) is 31.7 Å². The maximum absolute atomic E-state index is 13.9. The van der Waals surface area contributed by atoms with E-state index in [1.54, 1.807) is 36.1 Å². The van der Waals surface area contributed by atoms with Crippen LogP contribution in [0.2, 0.25) is 0 Å². The molecule has 2 N–H and O–H groups in total. The molecule has 37 heavy (non-hydrogen) atoms. The number of hydrogen-bond donors (Lipinski definition) is 2. The summed E-state index contributed by atoms with van der Waals surface area (Å²) in [5.74, 6) is 0.437. The van der Waals surface area contributed by atoms with Crippen LogP contribution in [-0.2, 0) is 22.3 Å². The molecule has 1 aliphatic heterocycles. The molecule has 0 radical (unpaired) electrons. The minimum atomic E-state index is -4.89. The zero-order valence-corrected chi connectivity index (χ0v) is 21.3. The average molecular weight is 526 g/mol. The number of carbonyl (C=O) groups is 1. The van der Waals surface area contributed by atoms with Crippen molar-refractivity contribution in [1.29, 1.82) is 0 Å². The van der Waals surface area contributed by atoms with E-state index in [1.165, 1.54) is 7.11 Å². The number of halogens is 3. The molecule has 1 aromatic heterocycles. The summed E-state index contributed by atoms with van der Waals surface area (Å²) in [5.41, 5.74) is -2.42. The molecular weight excluding hydrogens is 491 g/mol. The number of methoxy groups -OCH3 is 1. The number of rotatable bonds is 11. The van der Waals surface area contributed by atoms with Gasteiger partial charge in [0.2, 0.25) is 5.91 Å². The highest BCUT2D eigenvalue weighted by Crippen LogP contribution is 2.32. The van der Waals surface area contributed by atoms with Gasteiger partial charge >= 0.3 is 6.18 Å². The van der Waals surface area contributed by atoms with E-state index in [0.717, 1.165) is 36.8 Å². The second kappa shape index (κ2) is 12.9. The fourth-order valence-electron chi connectivity index (χ4n) is 4.36. The third-order valence-corrected chi connectivity index (χ3v) is 6.22. The zero-order chi connectivity index (χ0) is 27.0. The zero-order valence-electron chi connectivity index (χ0n) is 21.3. The van der Waals surface area contributed by atoms with Crippen molar-refractivity contribution < 1.29 is 27.4 Å². The molecule has 1 fully saturated rings. The molecule has 9 nitrogen and oxygen atoms in total. The number of amides is 1. The van der Waals surface area contributed by atoms with E-state index < -0.39 is 29.0 Å². The van der Waals surface area contributed by atoms with E-state index in [0.29, 0.717) is 17.9 Å². The summed E-state index contributed by atoms with van der Waals surface area (Å²) in [4.78, 5) is 27.1. The van der Waals surface area contributed by atoms with E-state index in [9.17, 15) is 22.8 Å². The van der Waals surface area contributed by atoms with Crippen LogP contribution in [0.25, 0.3) is 0 Å². The smallest absolute Gasteiger partial charge is 0.423 e. The highest BCUT2D eigenvalue weighted by atomic mass is 19.4. The number of likely N-dealkylation sites (N-methyl/N-ethyl adjacent to an activating group) is 1. The number of aromatic nitrogens is 2. The summed E-state index contributed by atoms with van der Waals surface area (Å²) in [5, 5.41) is 9.88. The van der Waals surface area contributed by atoms with Gasteiger partial charge in [-0.05, 0) is 57.5 Å². The number of ether oxygens (including phenoxy) is 2. The summed E-state index contributed by atoms with van der Waals surface area (Å²) in [6.07, 6.45) is -2.16. The number of nitrogens with one attached hydrogen (secondary N) is 2. The Morgan fingerprint density at radius 1 is 1.27 bits per heavy atom. The van der Waals surface area contributed by atoms with Crippen molar-refractivity contribution in [2.75, 3.05) is 45.3 Å². The van der Waals surface area contributed by atoms with Crippen LogP contribution < -0.4 is 20.9 Å². The topological polar surface area (TPSA) is 97.7 Å². The van der Waals surface area contributed by atoms with Gasteiger partial charge in [0.15, 0.2) is 0 Å². The Morgan fingerprint density at radius 2 is 1.95 bits per heavy atom. The van der Waals surface area contributed by atoms with Gasteiger partial charge in [0, 0.05) is 18.6 Å². The van der Waals surface area contributed by atoms with E-state index in [1.807, 2.05) is 6.92 Å². The summed E-state index contributed by atoms with van der Waals surface area (Å²) in [6.45, 7) is 5.46. The second-order valence-corrected chi connectivity index (χ2v) is 8.96. The highest BCUT2D eigenvalue weighted by Gasteiger charge is 2.38. The van der Waals surface area contributed by atoms with Crippen LogP contribution >= 0.6 is 0 Å². The van der Waals surface area contributed by atoms with Crippen molar-refractivity contribution in [3.63, 3.8) is 0 Å². The summed E-state index contributed by atoms with van der Waals surface area (Å²) < 4.78 is 52.9. The Labute approximate surface area is 213 Å². The number of benzene rings is 1. The number of nitrogens with zero attached hydrogens (tertiary/aromatic N) is 3. The molecule has 2 heterocycles. The van der Waals surface area contributed by atoms with Gasteiger partial charge in [-0.1, -0.05) is 12.1 Å². The molecule has 1 aliphatic rings. The number of piperidine rings is 1. The lowest BCUT2D eigenvalue weighted by Crippen LogP contribution is -2.47.